The number of rotatable bonds is 6. The molecular formula is C32H15Br2Cl5F14N4O3S. The average Bonchev–Trinajstić information content (AvgIpc) is 3.11. The van der Waals surface area contributed by atoms with Gasteiger partial charge in [-0.15, -0.1) is 0 Å². The zero-order chi connectivity index (χ0) is 47.4. The van der Waals surface area contributed by atoms with Crippen LogP contribution in [-0.4, -0.2) is 40.1 Å². The Morgan fingerprint density at radius 2 is 0.967 bits per heavy atom. The molecule has 0 fully saturated rings. The lowest BCUT2D eigenvalue weighted by Crippen LogP contribution is -2.50. The molecule has 0 aliphatic heterocycles. The summed E-state index contributed by atoms with van der Waals surface area (Å²) < 4.78 is 195. The Hall–Kier alpha value is -3.13. The summed E-state index contributed by atoms with van der Waals surface area (Å²) in [7, 11) is 0. The zero-order valence-electron chi connectivity index (χ0n) is 28.4. The predicted molar refractivity (Wildman–Crippen MR) is 208 cm³/mol. The van der Waals surface area contributed by atoms with Gasteiger partial charge in [0.15, 0.2) is 0 Å². The maximum atomic E-state index is 14.2. The van der Waals surface area contributed by atoms with Gasteiger partial charge >= 0.3 is 36.0 Å². The van der Waals surface area contributed by atoms with Gasteiger partial charge in [-0.05, 0) is 104 Å². The van der Waals surface area contributed by atoms with Crippen LogP contribution in [0.25, 0.3) is 0 Å². The minimum Gasteiger partial charge on any atom is -0.398 e. The van der Waals surface area contributed by atoms with Crippen molar-refractivity contribution in [1.82, 2.24) is 0 Å². The van der Waals surface area contributed by atoms with Crippen LogP contribution in [0.2, 0.25) is 20.1 Å². The number of nitrogens with zero attached hydrogens (tertiary/aromatic N) is 1. The molecule has 7 nitrogen and oxygen atoms in total. The first kappa shape index (κ1) is 54.0. The molecule has 0 unspecified atom stereocenters. The van der Waals surface area contributed by atoms with E-state index in [2.05, 4.69) is 41.5 Å². The summed E-state index contributed by atoms with van der Waals surface area (Å²) >= 11 is 33.6. The average molecular weight is 1140 g/mol. The first-order valence-corrected chi connectivity index (χ1v) is 19.0. The summed E-state index contributed by atoms with van der Waals surface area (Å²) in [5.41, 5.74) is -4.21. The number of halogens is 21. The molecule has 0 atom stereocenters. The van der Waals surface area contributed by atoms with Crippen molar-refractivity contribution in [3.8, 4) is 0 Å². The third-order valence-electron chi connectivity index (χ3n) is 7.28. The molecule has 0 radical (unpaired) electrons. The summed E-state index contributed by atoms with van der Waals surface area (Å²) in [6.07, 6.45) is -25.1. The maximum Gasteiger partial charge on any atom is 0.435 e. The fourth-order valence-electron chi connectivity index (χ4n) is 4.27. The molecule has 0 heterocycles. The van der Waals surface area contributed by atoms with Crippen molar-refractivity contribution in [2.75, 3.05) is 16.8 Å². The van der Waals surface area contributed by atoms with Gasteiger partial charge in [-0.25, -0.2) is 8.78 Å². The molecule has 0 bridgehead atoms. The molecule has 0 aliphatic rings. The van der Waals surface area contributed by atoms with Crippen LogP contribution < -0.4 is 16.8 Å². The van der Waals surface area contributed by atoms with Crippen molar-refractivity contribution in [2.24, 2.45) is 4.36 Å². The number of alkyl halides is 14. The van der Waals surface area contributed by atoms with Crippen LogP contribution in [0.15, 0.2) is 74.0 Å². The number of benzene rings is 4. The van der Waals surface area contributed by atoms with Gasteiger partial charge < -0.3 is 16.8 Å². The second kappa shape index (κ2) is 20.1. The van der Waals surface area contributed by atoms with Gasteiger partial charge in [0, 0.05) is 36.9 Å². The van der Waals surface area contributed by atoms with Crippen LogP contribution in [0.1, 0.15) is 31.8 Å². The Morgan fingerprint density at radius 1 is 0.590 bits per heavy atom. The number of nitrogens with one attached hydrogen (secondary N) is 1. The largest absolute Gasteiger partial charge is 0.435 e. The Morgan fingerprint density at radius 3 is 1.33 bits per heavy atom. The molecule has 0 saturated heterocycles. The van der Waals surface area contributed by atoms with E-state index in [0.717, 1.165) is 0 Å². The second-order valence-electron chi connectivity index (χ2n) is 11.3. The van der Waals surface area contributed by atoms with Crippen LogP contribution >= 0.6 is 89.9 Å². The number of hydrogen-bond donors (Lipinski definition) is 3. The lowest BCUT2D eigenvalue weighted by atomic mass is 9.94. The third kappa shape index (κ3) is 12.3. The zero-order valence-corrected chi connectivity index (χ0v) is 36.2. The predicted octanol–water partition coefficient (Wildman–Crippen LogP) is 14.6. The van der Waals surface area contributed by atoms with Crippen molar-refractivity contribution >= 4 is 135 Å². The van der Waals surface area contributed by atoms with Crippen LogP contribution in [0, 0.1) is 0 Å². The lowest BCUT2D eigenvalue weighted by Gasteiger charge is -2.30. The number of hydrogen-bond acceptors (Lipinski definition) is 6. The molecule has 5 N–H and O–H groups in total. The molecule has 0 aliphatic carbocycles. The molecule has 1 amide bonds. The highest BCUT2D eigenvalue weighted by Crippen LogP contribution is 2.56. The van der Waals surface area contributed by atoms with Crippen molar-refractivity contribution < 1.29 is 75.3 Å². The summed E-state index contributed by atoms with van der Waals surface area (Å²) in [5.74, 6) is -0.862. The molecule has 334 valence electrons. The number of nitrogen functional groups attached to an aromatic ring is 2. The normalized spacial score (nSPS) is 12.3. The van der Waals surface area contributed by atoms with Crippen molar-refractivity contribution in [3.05, 3.63) is 112 Å². The smallest absolute Gasteiger partial charge is 0.398 e. The van der Waals surface area contributed by atoms with Crippen LogP contribution in [-0.2, 0) is 22.8 Å². The highest BCUT2D eigenvalue weighted by atomic mass is 79.9. The molecule has 4 aromatic rings. The minimum absolute atomic E-state index is 0.00710. The summed E-state index contributed by atoms with van der Waals surface area (Å²) in [6.45, 7) is 0. The Bertz CT molecular complexity index is 2290. The number of anilines is 3. The third-order valence-corrected chi connectivity index (χ3v) is 10.4. The van der Waals surface area contributed by atoms with Crippen molar-refractivity contribution in [3.63, 3.8) is 0 Å². The molecule has 4 rings (SSSR count). The molecule has 61 heavy (non-hydrogen) atoms. The number of carbonyl (C=O) groups excluding carboxylic acids is 2. The van der Waals surface area contributed by atoms with Gasteiger partial charge in [0.1, 0.15) is 0 Å². The Labute approximate surface area is 377 Å². The summed E-state index contributed by atoms with van der Waals surface area (Å²) in [5, 5.41) is -1.51. The molecule has 4 aromatic carbocycles. The quantitative estimate of drug-likeness (QED) is 0.101. The van der Waals surface area contributed by atoms with E-state index in [-0.39, 0.29) is 47.0 Å². The van der Waals surface area contributed by atoms with E-state index >= 15 is 0 Å². The fraction of sp³-hybridized carbons (Fsp3) is 0.188. The van der Waals surface area contributed by atoms with Crippen LogP contribution in [0.3, 0.4) is 0 Å². The van der Waals surface area contributed by atoms with Crippen molar-refractivity contribution in [2.45, 2.75) is 36.0 Å². The summed E-state index contributed by atoms with van der Waals surface area (Å²) in [6, 6.07) is 9.10. The van der Waals surface area contributed by atoms with E-state index in [1.54, 1.807) is 12.1 Å². The monoisotopic (exact) mass is 1130 g/mol. The number of amides is 1. The van der Waals surface area contributed by atoms with E-state index < -0.39 is 89.8 Å². The highest BCUT2D eigenvalue weighted by Gasteiger charge is 2.74. The van der Waals surface area contributed by atoms with Crippen molar-refractivity contribution in [1.29, 1.82) is 0 Å². The van der Waals surface area contributed by atoms with Gasteiger partial charge in [-0.1, -0.05) is 46.4 Å². The molecule has 29 heteroatoms. The lowest BCUT2D eigenvalue weighted by molar-refractivity contribution is -0.349. The number of carbonyl (C=O) groups is 2. The first-order chi connectivity index (χ1) is 27.6. The molecule has 0 saturated carbocycles. The van der Waals surface area contributed by atoms with E-state index in [0.29, 0.717) is 20.2 Å². The number of nitrogens with two attached hydrogens (primary N) is 2. The van der Waals surface area contributed by atoms with E-state index in [4.69, 9.17) is 69.5 Å². The van der Waals surface area contributed by atoms with Gasteiger partial charge in [0.25, 0.3) is 11.1 Å². The standard InChI is InChI=1S/C16H8BrCl2F7N2O.C9H4Cl2F7N.C7H3BrClNO2S/c17-8-2-1-6(3-11(8)27)13(29)28-12-9(18)4-7(5-10(12)19)14(20,15(21,22)23)16(24,25)26;10-4-1-3(2-5(11)6(4)19)7(12,8(13,14)15)9(16,17)18;8-5-2-1-4(7(9)11)3-6(5)10-13-12/h1-5H,27H2,(H,28,29);1-2H,19H2;1-3H. The van der Waals surface area contributed by atoms with Crippen LogP contribution in [0.5, 0.6) is 0 Å². The van der Waals surface area contributed by atoms with E-state index in [1.165, 1.54) is 24.3 Å². The van der Waals surface area contributed by atoms with E-state index in [1.807, 2.05) is 0 Å². The molecule has 0 spiro atoms. The maximum absolute atomic E-state index is 14.2. The SMILES string of the molecule is Nc1c(Cl)cc(C(F)(C(F)(F)F)C(F)(F)F)cc1Cl.Nc1cc(C(=O)Nc2c(Cl)cc(C(F)(C(F)(F)F)C(F)(F)F)cc2Cl)ccc1Br.O=S=Nc1cc(C(=O)Cl)ccc1Br. The Balaban J connectivity index is 0.000000343. The molecular weight excluding hydrogens is 1120 g/mol. The minimum atomic E-state index is -6.34. The van der Waals surface area contributed by atoms with Gasteiger partial charge in [0.05, 0.1) is 37.2 Å². The van der Waals surface area contributed by atoms with E-state index in [9.17, 15) is 75.3 Å². The molecule has 0 aromatic heterocycles. The van der Waals surface area contributed by atoms with Gasteiger partial charge in [-0.3, -0.25) is 9.59 Å². The van der Waals surface area contributed by atoms with Gasteiger partial charge in [-0.2, -0.15) is 61.3 Å². The fourth-order valence-corrected chi connectivity index (χ4v) is 6.38. The second-order valence-corrected chi connectivity index (χ2v) is 15.3. The Kier molecular flexibility index (Phi) is 17.8. The topological polar surface area (TPSA) is 128 Å². The van der Waals surface area contributed by atoms with Crippen LogP contribution in [0.4, 0.5) is 84.2 Å². The first-order valence-electron chi connectivity index (χ1n) is 14.8. The van der Waals surface area contributed by atoms with Gasteiger partial charge in [0.2, 0.25) is 11.5 Å². The highest BCUT2D eigenvalue weighted by molar-refractivity contribution is 9.11. The summed E-state index contributed by atoms with van der Waals surface area (Å²) in [4.78, 5) is 23.0.